The molecule has 0 bridgehead atoms. The minimum atomic E-state index is 0.00583. The Hall–Kier alpha value is -0.540. The quantitative estimate of drug-likeness (QED) is 0.783. The zero-order valence-electron chi connectivity index (χ0n) is 9.63. The maximum Gasteiger partial charge on any atom is 0.253 e. The molecule has 88 valence electrons. The molecule has 16 heavy (non-hydrogen) atoms. The Morgan fingerprint density at radius 2 is 2.19 bits per heavy atom. The van der Waals surface area contributed by atoms with Gasteiger partial charge in [0.05, 0.1) is 0 Å². The number of benzene rings is 1. The molecule has 0 radical (unpaired) electrons. The molecule has 1 atom stereocenters. The van der Waals surface area contributed by atoms with E-state index in [0.717, 1.165) is 5.56 Å². The smallest absolute Gasteiger partial charge is 0.253 e. The molecule has 0 aliphatic heterocycles. The number of carbonyl (C=O) groups is 1. The van der Waals surface area contributed by atoms with Gasteiger partial charge in [0.15, 0.2) is 0 Å². The van der Waals surface area contributed by atoms with E-state index in [1.807, 2.05) is 13.8 Å². The number of rotatable bonds is 3. The van der Waals surface area contributed by atoms with Gasteiger partial charge in [0.1, 0.15) is 0 Å². The fourth-order valence-electron chi connectivity index (χ4n) is 1.51. The molecule has 2 nitrogen and oxygen atoms in total. The topological polar surface area (TPSA) is 20.3 Å². The largest absolute Gasteiger partial charge is 0.341 e. The lowest BCUT2D eigenvalue weighted by atomic mass is 10.1. The highest BCUT2D eigenvalue weighted by Gasteiger charge is 2.16. The lowest BCUT2D eigenvalue weighted by molar-refractivity contribution is 0.0796. The average molecular weight is 305 g/mol. The van der Waals surface area contributed by atoms with Crippen LogP contribution in [-0.4, -0.2) is 29.2 Å². The predicted molar refractivity (Wildman–Crippen MR) is 71.5 cm³/mol. The number of alkyl halides is 1. The summed E-state index contributed by atoms with van der Waals surface area (Å²) in [6.45, 7) is 4.54. The van der Waals surface area contributed by atoms with Crippen molar-refractivity contribution < 1.29 is 4.79 Å². The maximum atomic E-state index is 12.1. The van der Waals surface area contributed by atoms with Gasteiger partial charge in [-0.1, -0.05) is 40.5 Å². The van der Waals surface area contributed by atoms with Crippen molar-refractivity contribution in [1.29, 1.82) is 0 Å². The Labute approximate surface area is 110 Å². The van der Waals surface area contributed by atoms with E-state index in [1.54, 1.807) is 30.1 Å². The molecular formula is C12H15BrClNO. The van der Waals surface area contributed by atoms with Crippen LogP contribution in [0.3, 0.4) is 0 Å². The molecule has 1 unspecified atom stereocenters. The molecule has 0 aromatic heterocycles. The second kappa shape index (κ2) is 5.69. The zero-order chi connectivity index (χ0) is 12.3. The SMILES string of the molecule is Cc1c(Cl)cccc1C(=O)N(C)CC(C)Br. The molecule has 0 aliphatic carbocycles. The van der Waals surface area contributed by atoms with Crippen LogP contribution >= 0.6 is 27.5 Å². The fourth-order valence-corrected chi connectivity index (χ4v) is 2.11. The zero-order valence-corrected chi connectivity index (χ0v) is 12.0. The first-order valence-electron chi connectivity index (χ1n) is 5.08. The molecule has 1 amide bonds. The van der Waals surface area contributed by atoms with E-state index in [9.17, 15) is 4.79 Å². The van der Waals surface area contributed by atoms with E-state index in [1.165, 1.54) is 0 Å². The van der Waals surface area contributed by atoms with Crippen molar-refractivity contribution in [3.8, 4) is 0 Å². The first kappa shape index (κ1) is 13.5. The summed E-state index contributed by atoms with van der Waals surface area (Å²) in [5.74, 6) is 0.00583. The van der Waals surface area contributed by atoms with Crippen LogP contribution in [-0.2, 0) is 0 Å². The molecule has 1 rings (SSSR count). The van der Waals surface area contributed by atoms with E-state index in [0.29, 0.717) is 17.1 Å². The average Bonchev–Trinajstić information content (AvgIpc) is 2.20. The summed E-state index contributed by atoms with van der Waals surface area (Å²) in [7, 11) is 1.79. The second-order valence-electron chi connectivity index (χ2n) is 3.88. The molecule has 1 aromatic rings. The van der Waals surface area contributed by atoms with Gasteiger partial charge in [-0.3, -0.25) is 4.79 Å². The van der Waals surface area contributed by atoms with Gasteiger partial charge in [0.25, 0.3) is 5.91 Å². The van der Waals surface area contributed by atoms with Crippen molar-refractivity contribution in [2.24, 2.45) is 0 Å². The van der Waals surface area contributed by atoms with Gasteiger partial charge in [-0.15, -0.1) is 0 Å². The van der Waals surface area contributed by atoms with Gasteiger partial charge in [-0.25, -0.2) is 0 Å². The van der Waals surface area contributed by atoms with Crippen molar-refractivity contribution in [2.45, 2.75) is 18.7 Å². The Balaban J connectivity index is 2.92. The number of amides is 1. The first-order valence-corrected chi connectivity index (χ1v) is 6.37. The Morgan fingerprint density at radius 1 is 1.56 bits per heavy atom. The highest BCUT2D eigenvalue weighted by Crippen LogP contribution is 2.20. The van der Waals surface area contributed by atoms with Crippen molar-refractivity contribution >= 4 is 33.4 Å². The van der Waals surface area contributed by atoms with Gasteiger partial charge >= 0.3 is 0 Å². The molecule has 0 spiro atoms. The summed E-state index contributed by atoms with van der Waals surface area (Å²) in [5, 5.41) is 0.631. The summed E-state index contributed by atoms with van der Waals surface area (Å²) in [4.78, 5) is 14.1. The highest BCUT2D eigenvalue weighted by atomic mass is 79.9. The molecule has 0 saturated heterocycles. The van der Waals surface area contributed by atoms with Crippen LogP contribution in [0.5, 0.6) is 0 Å². The first-order chi connectivity index (χ1) is 7.43. The van der Waals surface area contributed by atoms with Crippen LogP contribution in [0.25, 0.3) is 0 Å². The predicted octanol–water partition coefficient (Wildman–Crippen LogP) is 3.50. The van der Waals surface area contributed by atoms with Gasteiger partial charge in [0.2, 0.25) is 0 Å². The van der Waals surface area contributed by atoms with E-state index in [4.69, 9.17) is 11.6 Å². The molecule has 4 heteroatoms. The van der Waals surface area contributed by atoms with Crippen molar-refractivity contribution in [3.05, 3.63) is 34.3 Å². The third kappa shape index (κ3) is 3.22. The van der Waals surface area contributed by atoms with Crippen LogP contribution in [0.1, 0.15) is 22.8 Å². The van der Waals surface area contributed by atoms with Gasteiger partial charge in [-0.05, 0) is 24.6 Å². The summed E-state index contributed by atoms with van der Waals surface area (Å²) < 4.78 is 0. The summed E-state index contributed by atoms with van der Waals surface area (Å²) in [5.41, 5.74) is 1.51. The van der Waals surface area contributed by atoms with E-state index in [2.05, 4.69) is 15.9 Å². The van der Waals surface area contributed by atoms with Crippen molar-refractivity contribution in [2.75, 3.05) is 13.6 Å². The van der Waals surface area contributed by atoms with Gasteiger partial charge < -0.3 is 4.90 Å². The lowest BCUT2D eigenvalue weighted by Gasteiger charge is -2.19. The van der Waals surface area contributed by atoms with Crippen LogP contribution in [0.15, 0.2) is 18.2 Å². The molecule has 0 fully saturated rings. The molecular weight excluding hydrogens is 289 g/mol. The Morgan fingerprint density at radius 3 is 2.75 bits per heavy atom. The highest BCUT2D eigenvalue weighted by molar-refractivity contribution is 9.09. The number of hydrogen-bond donors (Lipinski definition) is 0. The number of carbonyl (C=O) groups excluding carboxylic acids is 1. The van der Waals surface area contributed by atoms with E-state index in [-0.39, 0.29) is 10.7 Å². The molecule has 0 saturated carbocycles. The minimum Gasteiger partial charge on any atom is -0.341 e. The molecule has 0 N–H and O–H groups in total. The number of halogens is 2. The van der Waals surface area contributed by atoms with Crippen LogP contribution < -0.4 is 0 Å². The van der Waals surface area contributed by atoms with Crippen LogP contribution in [0, 0.1) is 6.92 Å². The summed E-state index contributed by atoms with van der Waals surface area (Å²) >= 11 is 9.42. The van der Waals surface area contributed by atoms with Gasteiger partial charge in [0, 0.05) is 29.0 Å². The third-order valence-electron chi connectivity index (χ3n) is 2.37. The monoisotopic (exact) mass is 303 g/mol. The van der Waals surface area contributed by atoms with Crippen LogP contribution in [0.4, 0.5) is 0 Å². The summed E-state index contributed by atoms with van der Waals surface area (Å²) in [6, 6.07) is 5.40. The maximum absolute atomic E-state index is 12.1. The van der Waals surface area contributed by atoms with Crippen LogP contribution in [0.2, 0.25) is 5.02 Å². The fraction of sp³-hybridized carbons (Fsp3) is 0.417. The lowest BCUT2D eigenvalue weighted by Crippen LogP contribution is -2.31. The normalized spacial score (nSPS) is 12.3. The number of nitrogens with zero attached hydrogens (tertiary/aromatic N) is 1. The molecule has 0 aliphatic rings. The van der Waals surface area contributed by atoms with E-state index < -0.39 is 0 Å². The third-order valence-corrected chi connectivity index (χ3v) is 3.07. The Kier molecular flexibility index (Phi) is 4.81. The van der Waals surface area contributed by atoms with Gasteiger partial charge in [-0.2, -0.15) is 0 Å². The summed E-state index contributed by atoms with van der Waals surface area (Å²) in [6.07, 6.45) is 0. The van der Waals surface area contributed by atoms with E-state index >= 15 is 0 Å². The minimum absolute atomic E-state index is 0.00583. The Bertz CT molecular complexity index is 393. The molecule has 1 aromatic carbocycles. The molecule has 0 heterocycles. The standard InChI is InChI=1S/C12H15BrClNO/c1-8(13)7-15(3)12(16)10-5-4-6-11(14)9(10)2/h4-6,8H,7H2,1-3H3. The second-order valence-corrected chi connectivity index (χ2v) is 5.85. The van der Waals surface area contributed by atoms with Crippen molar-refractivity contribution in [1.82, 2.24) is 4.90 Å². The number of hydrogen-bond acceptors (Lipinski definition) is 1. The van der Waals surface area contributed by atoms with Crippen molar-refractivity contribution in [3.63, 3.8) is 0 Å².